The molecular weight excluding hydrogens is 911 g/mol. The molecule has 1 aliphatic rings. The molecule has 1 heterocycles. The minimum absolute atomic E-state index is 0.0253. The maximum atomic E-state index is 14.7. The average molecular weight is 998 g/mol. The second kappa shape index (κ2) is 37.3. The molecule has 17 N–H and O–H groups in total. The van der Waals surface area contributed by atoms with E-state index in [9.17, 15) is 43.2 Å². The number of amides is 9. The van der Waals surface area contributed by atoms with Crippen LogP contribution >= 0.6 is 12.6 Å². The molecule has 9 amide bonds. The van der Waals surface area contributed by atoms with Crippen molar-refractivity contribution in [1.29, 1.82) is 0 Å². The first kappa shape index (κ1) is 62.4. The van der Waals surface area contributed by atoms with Crippen LogP contribution in [-0.4, -0.2) is 146 Å². The third-order valence-electron chi connectivity index (χ3n) is 11.8. The van der Waals surface area contributed by atoms with Gasteiger partial charge in [0.25, 0.3) is 0 Å². The molecule has 0 aromatic heterocycles. The van der Waals surface area contributed by atoms with Gasteiger partial charge in [0, 0.05) is 31.7 Å². The van der Waals surface area contributed by atoms with E-state index in [1.807, 2.05) is 13.8 Å². The Bertz CT molecular complexity index is 1590. The molecule has 0 aromatic carbocycles. The standard InChI is InChI=1S/C46H87N13O9S/c1-31(2)40-45(67)52-27-15-3-4-16-28-59(29-39(62)54-33(18-8-12-24-48)43(65)57-36(30-69)41(51)63)46(68)35(20-10-14-26-50)56-44(66)34(19-9-13-25-49)55-42(64)32(17-7-11-23-47)53-37(60)21-5-6-22-38(61)58-40/h31-36,40,69H,3-30,47-50H2,1-2H3,(H2,51,63)(H,52,67)(H,53,60)(H,54,62)(H,55,64)(H,56,66)(H,57,65)(H,58,61)/t32-,33-,34-,35-,36-,40-/m0/s1. The number of nitrogens with two attached hydrogens (primary N) is 5. The molecule has 396 valence electrons. The summed E-state index contributed by atoms with van der Waals surface area (Å²) in [6.07, 6.45) is 7.90. The molecule has 0 aliphatic carbocycles. The van der Waals surface area contributed by atoms with Crippen molar-refractivity contribution in [2.24, 2.45) is 34.6 Å². The lowest BCUT2D eigenvalue weighted by atomic mass is 10.0. The van der Waals surface area contributed by atoms with E-state index in [-0.39, 0.29) is 68.6 Å². The van der Waals surface area contributed by atoms with Gasteiger partial charge in [0.1, 0.15) is 36.3 Å². The second-order valence-electron chi connectivity index (χ2n) is 18.1. The van der Waals surface area contributed by atoms with Crippen LogP contribution in [0.25, 0.3) is 0 Å². The lowest BCUT2D eigenvalue weighted by Gasteiger charge is -2.30. The zero-order valence-electron chi connectivity index (χ0n) is 41.3. The summed E-state index contributed by atoms with van der Waals surface area (Å²) in [5, 5.41) is 19.4. The molecular formula is C46H87N13O9S. The third kappa shape index (κ3) is 26.8. The summed E-state index contributed by atoms with van der Waals surface area (Å²) in [6, 6.07) is -6.26. The first-order valence-corrected chi connectivity index (χ1v) is 25.7. The Morgan fingerprint density at radius 1 is 0.623 bits per heavy atom. The molecule has 69 heavy (non-hydrogen) atoms. The maximum absolute atomic E-state index is 14.7. The van der Waals surface area contributed by atoms with Crippen LogP contribution in [-0.2, 0) is 43.2 Å². The van der Waals surface area contributed by atoms with Crippen LogP contribution in [0.4, 0.5) is 0 Å². The highest BCUT2D eigenvalue weighted by atomic mass is 32.1. The van der Waals surface area contributed by atoms with E-state index in [1.165, 1.54) is 4.90 Å². The van der Waals surface area contributed by atoms with Crippen LogP contribution in [0.15, 0.2) is 0 Å². The largest absolute Gasteiger partial charge is 0.368 e. The minimum atomic E-state index is -1.15. The fraction of sp³-hybridized carbons (Fsp3) is 0.804. The molecule has 0 radical (unpaired) electrons. The second-order valence-corrected chi connectivity index (χ2v) is 18.5. The summed E-state index contributed by atoms with van der Waals surface area (Å²) >= 11 is 4.11. The van der Waals surface area contributed by atoms with E-state index in [0.717, 1.165) is 0 Å². The number of nitrogens with zero attached hydrogens (tertiary/aromatic N) is 1. The predicted octanol–water partition coefficient (Wildman–Crippen LogP) is -1.44. The van der Waals surface area contributed by atoms with Crippen molar-refractivity contribution in [2.45, 2.75) is 179 Å². The summed E-state index contributed by atoms with van der Waals surface area (Å²) in [5.41, 5.74) is 28.5. The molecule has 22 nitrogen and oxygen atoms in total. The van der Waals surface area contributed by atoms with Crippen LogP contribution in [0.3, 0.4) is 0 Å². The van der Waals surface area contributed by atoms with Crippen molar-refractivity contribution in [1.82, 2.24) is 42.1 Å². The lowest BCUT2D eigenvalue weighted by Crippen LogP contribution is -2.58. The van der Waals surface area contributed by atoms with Gasteiger partial charge in [-0.25, -0.2) is 0 Å². The number of nitrogens with one attached hydrogen (secondary N) is 7. The average Bonchev–Trinajstić information content (AvgIpc) is 3.31. The highest BCUT2D eigenvalue weighted by Crippen LogP contribution is 2.13. The van der Waals surface area contributed by atoms with E-state index in [4.69, 9.17) is 28.7 Å². The molecule has 1 fully saturated rings. The zero-order valence-corrected chi connectivity index (χ0v) is 42.2. The first-order chi connectivity index (χ1) is 33.0. The molecule has 0 saturated carbocycles. The normalized spacial score (nSPS) is 21.2. The lowest BCUT2D eigenvalue weighted by molar-refractivity contribution is -0.141. The Kier molecular flexibility index (Phi) is 33.7. The number of hydrogen-bond donors (Lipinski definition) is 13. The van der Waals surface area contributed by atoms with Gasteiger partial charge in [-0.05, 0) is 135 Å². The van der Waals surface area contributed by atoms with E-state index >= 15 is 0 Å². The molecule has 1 rings (SSSR count). The number of thiol groups is 1. The third-order valence-corrected chi connectivity index (χ3v) is 12.2. The van der Waals surface area contributed by atoms with Gasteiger partial charge in [0.15, 0.2) is 0 Å². The molecule has 0 unspecified atom stereocenters. The molecule has 1 saturated heterocycles. The minimum Gasteiger partial charge on any atom is -0.368 e. The Balaban J connectivity index is 3.67. The van der Waals surface area contributed by atoms with E-state index in [1.54, 1.807) is 0 Å². The quantitative estimate of drug-likeness (QED) is 0.0390. The predicted molar refractivity (Wildman–Crippen MR) is 268 cm³/mol. The monoisotopic (exact) mass is 998 g/mol. The number of carbonyl (C=O) groups is 9. The Labute approximate surface area is 414 Å². The van der Waals surface area contributed by atoms with Gasteiger partial charge in [-0.1, -0.05) is 26.7 Å². The van der Waals surface area contributed by atoms with Gasteiger partial charge in [-0.3, -0.25) is 43.2 Å². The van der Waals surface area contributed by atoms with Crippen molar-refractivity contribution in [3.05, 3.63) is 0 Å². The summed E-state index contributed by atoms with van der Waals surface area (Å²) in [5.74, 6) is -5.29. The van der Waals surface area contributed by atoms with E-state index in [0.29, 0.717) is 123 Å². The number of carbonyl (C=O) groups excluding carboxylic acids is 9. The van der Waals surface area contributed by atoms with Crippen LogP contribution in [0, 0.1) is 5.92 Å². The van der Waals surface area contributed by atoms with Gasteiger partial charge >= 0.3 is 0 Å². The Morgan fingerprint density at radius 2 is 1.13 bits per heavy atom. The molecule has 0 aromatic rings. The molecule has 23 heteroatoms. The zero-order chi connectivity index (χ0) is 51.6. The Morgan fingerprint density at radius 3 is 1.67 bits per heavy atom. The van der Waals surface area contributed by atoms with E-state index in [2.05, 4.69) is 49.8 Å². The highest BCUT2D eigenvalue weighted by Gasteiger charge is 2.33. The summed E-state index contributed by atoms with van der Waals surface area (Å²) < 4.78 is 0. The maximum Gasteiger partial charge on any atom is 0.245 e. The van der Waals surface area contributed by atoms with Gasteiger partial charge < -0.3 is 70.8 Å². The smallest absolute Gasteiger partial charge is 0.245 e. The van der Waals surface area contributed by atoms with Crippen molar-refractivity contribution < 1.29 is 43.2 Å². The summed E-state index contributed by atoms with van der Waals surface area (Å²) in [6.45, 7) is 4.95. The first-order valence-electron chi connectivity index (χ1n) is 25.1. The van der Waals surface area contributed by atoms with Crippen molar-refractivity contribution in [2.75, 3.05) is 51.6 Å². The fourth-order valence-electron chi connectivity index (χ4n) is 7.68. The van der Waals surface area contributed by atoms with Crippen molar-refractivity contribution in [3.8, 4) is 0 Å². The molecule has 1 aliphatic heterocycles. The number of rotatable bonds is 24. The fourth-order valence-corrected chi connectivity index (χ4v) is 7.95. The van der Waals surface area contributed by atoms with Crippen LogP contribution in [0.2, 0.25) is 0 Å². The molecule has 0 bridgehead atoms. The van der Waals surface area contributed by atoms with Gasteiger partial charge in [0.2, 0.25) is 53.2 Å². The highest BCUT2D eigenvalue weighted by molar-refractivity contribution is 7.80. The van der Waals surface area contributed by atoms with Gasteiger partial charge in [0.05, 0.1) is 6.54 Å². The van der Waals surface area contributed by atoms with Crippen molar-refractivity contribution in [3.63, 3.8) is 0 Å². The molecule has 0 spiro atoms. The Hall–Kier alpha value is -4.58. The SMILES string of the molecule is CC(C)[C@@H]1NC(=O)CCCCC(=O)N[C@@H](CCCCN)C(=O)N[C@@H](CCCCN)C(=O)N[C@@H](CCCCN)C(=O)N(CC(=O)N[C@@H](CCCCN)C(=O)N[C@@H](CS)C(N)=O)CCCCCCNC1=O. The van der Waals surface area contributed by atoms with Gasteiger partial charge in [-0.15, -0.1) is 0 Å². The number of unbranched alkanes of at least 4 members (excludes halogenated alkanes) is 4. The van der Waals surface area contributed by atoms with E-state index < -0.39 is 84.1 Å². The topological polar surface area (TPSA) is 371 Å². The van der Waals surface area contributed by atoms with Crippen LogP contribution < -0.4 is 65.9 Å². The van der Waals surface area contributed by atoms with Crippen molar-refractivity contribution >= 4 is 65.8 Å². The van der Waals surface area contributed by atoms with Crippen LogP contribution in [0.5, 0.6) is 0 Å². The van der Waals surface area contributed by atoms with Crippen LogP contribution in [0.1, 0.15) is 142 Å². The summed E-state index contributed by atoms with van der Waals surface area (Å²) in [7, 11) is 0. The number of hydrogen-bond acceptors (Lipinski definition) is 14. The summed E-state index contributed by atoms with van der Waals surface area (Å²) in [4.78, 5) is 123. The molecule has 6 atom stereocenters. The van der Waals surface area contributed by atoms with Gasteiger partial charge in [-0.2, -0.15) is 12.6 Å². The number of primary amides is 1.